The highest BCUT2D eigenvalue weighted by molar-refractivity contribution is 5.81. The summed E-state index contributed by atoms with van der Waals surface area (Å²) < 4.78 is 0. The maximum atomic E-state index is 12.0. The first kappa shape index (κ1) is 17.5. The molecule has 2 nitrogen and oxygen atoms in total. The van der Waals surface area contributed by atoms with Crippen LogP contribution in [0.4, 0.5) is 0 Å². The van der Waals surface area contributed by atoms with Gasteiger partial charge in [-0.3, -0.25) is 4.79 Å². The van der Waals surface area contributed by atoms with E-state index < -0.39 is 0 Å². The third kappa shape index (κ3) is 3.73. The fourth-order valence-corrected chi connectivity index (χ4v) is 1.80. The Kier molecular flexibility index (Phi) is 4.72. The summed E-state index contributed by atoms with van der Waals surface area (Å²) >= 11 is 0. The van der Waals surface area contributed by atoms with E-state index in [9.17, 15) is 4.79 Å². The molecule has 0 rings (SSSR count). The second-order valence-electron chi connectivity index (χ2n) is 8.69. The molecule has 0 saturated heterocycles. The fourth-order valence-electron chi connectivity index (χ4n) is 1.80. The molecule has 0 aliphatic heterocycles. The molecule has 0 saturated carbocycles. The summed E-state index contributed by atoms with van der Waals surface area (Å²) in [5.41, 5.74) is 0.0578. The smallest absolute Gasteiger partial charge is 0.225 e. The number of carbonyl (C=O) groups is 1. The second-order valence-corrected chi connectivity index (χ2v) is 8.69. The zero-order valence-corrected chi connectivity index (χ0v) is 14.1. The molecule has 0 bridgehead atoms. The summed E-state index contributed by atoms with van der Waals surface area (Å²) in [4.78, 5) is 12.0. The van der Waals surface area contributed by atoms with Gasteiger partial charge in [-0.2, -0.15) is 0 Å². The van der Waals surface area contributed by atoms with Crippen LogP contribution in [0.5, 0.6) is 0 Å². The van der Waals surface area contributed by atoms with E-state index in [1.54, 1.807) is 0 Å². The number of hydrogen-bond acceptors (Lipinski definition) is 1. The van der Waals surface area contributed by atoms with Gasteiger partial charge in [0, 0.05) is 12.0 Å². The first-order chi connectivity index (χ1) is 7.63. The largest absolute Gasteiger partial charge is 0.355 e. The molecule has 0 aliphatic rings. The molecule has 108 valence electrons. The van der Waals surface area contributed by atoms with E-state index >= 15 is 0 Å². The highest BCUT2D eigenvalue weighted by Gasteiger charge is 2.45. The van der Waals surface area contributed by atoms with Gasteiger partial charge in [0.1, 0.15) is 0 Å². The Hall–Kier alpha value is -0.530. The Morgan fingerprint density at radius 1 is 0.833 bits per heavy atom. The van der Waals surface area contributed by atoms with Crippen LogP contribution in [0.25, 0.3) is 0 Å². The van der Waals surface area contributed by atoms with Crippen molar-refractivity contribution in [2.75, 3.05) is 6.54 Å². The summed E-state index contributed by atoms with van der Waals surface area (Å²) in [5.74, 6) is 0.125. The summed E-state index contributed by atoms with van der Waals surface area (Å²) in [6.45, 7) is 22.4. The number of nitrogens with one attached hydrogen (secondary N) is 1. The zero-order chi connectivity index (χ0) is 15.0. The van der Waals surface area contributed by atoms with Gasteiger partial charge in [-0.15, -0.1) is 0 Å². The Morgan fingerprint density at radius 2 is 1.22 bits per heavy atom. The van der Waals surface area contributed by atoms with E-state index in [-0.39, 0.29) is 27.6 Å². The minimum atomic E-state index is -0.318. The molecule has 1 amide bonds. The second kappa shape index (κ2) is 4.86. The van der Waals surface area contributed by atoms with Crippen molar-refractivity contribution in [3.05, 3.63) is 0 Å². The highest BCUT2D eigenvalue weighted by Crippen LogP contribution is 2.50. The van der Waals surface area contributed by atoms with Gasteiger partial charge in [-0.25, -0.2) is 0 Å². The van der Waals surface area contributed by atoms with Crippen LogP contribution in [0.2, 0.25) is 0 Å². The maximum Gasteiger partial charge on any atom is 0.225 e. The number of carbonyl (C=O) groups excluding carboxylic acids is 1. The fraction of sp³-hybridized carbons (Fsp3) is 0.938. The molecular formula is C16H33NO. The van der Waals surface area contributed by atoms with Crippen molar-refractivity contribution in [1.29, 1.82) is 0 Å². The van der Waals surface area contributed by atoms with Gasteiger partial charge in [0.2, 0.25) is 5.91 Å². The molecule has 0 aromatic heterocycles. The standard InChI is InChI=1S/C16H33NO/c1-13(2,3)12(18)17-11-15(7,8)16(9,10)14(4,5)6/h11H2,1-10H3,(H,17,18). The van der Waals surface area contributed by atoms with Gasteiger partial charge in [0.25, 0.3) is 0 Å². The topological polar surface area (TPSA) is 29.1 Å². The van der Waals surface area contributed by atoms with Gasteiger partial charge in [0.05, 0.1) is 0 Å². The van der Waals surface area contributed by atoms with Crippen molar-refractivity contribution < 1.29 is 4.79 Å². The molecule has 18 heavy (non-hydrogen) atoms. The van der Waals surface area contributed by atoms with E-state index in [0.717, 1.165) is 0 Å². The van der Waals surface area contributed by atoms with Crippen molar-refractivity contribution in [3.8, 4) is 0 Å². The predicted molar refractivity (Wildman–Crippen MR) is 79.5 cm³/mol. The first-order valence-electron chi connectivity index (χ1n) is 6.91. The van der Waals surface area contributed by atoms with Gasteiger partial charge in [-0.1, -0.05) is 69.2 Å². The van der Waals surface area contributed by atoms with E-state index in [0.29, 0.717) is 6.54 Å². The molecule has 0 spiro atoms. The monoisotopic (exact) mass is 255 g/mol. The Bertz CT molecular complexity index is 300. The molecule has 0 aromatic rings. The van der Waals surface area contributed by atoms with Gasteiger partial charge in [0.15, 0.2) is 0 Å². The summed E-state index contributed by atoms with van der Waals surface area (Å²) in [6.07, 6.45) is 0. The third-order valence-corrected chi connectivity index (χ3v) is 4.94. The molecule has 0 aromatic carbocycles. The van der Waals surface area contributed by atoms with Gasteiger partial charge >= 0.3 is 0 Å². The van der Waals surface area contributed by atoms with E-state index in [1.165, 1.54) is 0 Å². The average Bonchev–Trinajstić information content (AvgIpc) is 2.10. The average molecular weight is 255 g/mol. The Labute approximate surface area is 114 Å². The van der Waals surface area contributed by atoms with Crippen LogP contribution in [0, 0.1) is 21.7 Å². The van der Waals surface area contributed by atoms with Crippen molar-refractivity contribution in [3.63, 3.8) is 0 Å². The summed E-state index contributed by atoms with van der Waals surface area (Å²) in [6, 6.07) is 0. The minimum absolute atomic E-state index is 0.0478. The Balaban J connectivity index is 4.84. The highest BCUT2D eigenvalue weighted by atomic mass is 16.2. The molecule has 1 N–H and O–H groups in total. The van der Waals surface area contributed by atoms with Crippen LogP contribution >= 0.6 is 0 Å². The van der Waals surface area contributed by atoms with Crippen LogP contribution < -0.4 is 5.32 Å². The zero-order valence-electron chi connectivity index (χ0n) is 14.1. The molecule has 0 fully saturated rings. The SMILES string of the molecule is CC(C)(C)C(=O)NCC(C)(C)C(C)(C)C(C)(C)C. The molecule has 0 heterocycles. The van der Waals surface area contributed by atoms with Crippen LogP contribution in [-0.4, -0.2) is 12.5 Å². The van der Waals surface area contributed by atoms with E-state index in [1.807, 2.05) is 20.8 Å². The molecule has 0 unspecified atom stereocenters. The predicted octanol–water partition coefficient (Wildman–Crippen LogP) is 4.25. The van der Waals surface area contributed by atoms with E-state index in [2.05, 4.69) is 53.8 Å². The molecule has 0 aliphatic carbocycles. The first-order valence-corrected chi connectivity index (χ1v) is 6.91. The van der Waals surface area contributed by atoms with Crippen molar-refractivity contribution in [2.45, 2.75) is 69.2 Å². The van der Waals surface area contributed by atoms with E-state index in [4.69, 9.17) is 0 Å². The third-order valence-electron chi connectivity index (χ3n) is 4.94. The van der Waals surface area contributed by atoms with Crippen LogP contribution in [0.3, 0.4) is 0 Å². The lowest BCUT2D eigenvalue weighted by Crippen LogP contribution is -2.50. The lowest BCUT2D eigenvalue weighted by atomic mass is 9.55. The molecule has 0 radical (unpaired) electrons. The number of rotatable bonds is 3. The summed E-state index contributed by atoms with van der Waals surface area (Å²) in [7, 11) is 0. The van der Waals surface area contributed by atoms with Gasteiger partial charge in [-0.05, 0) is 16.2 Å². The maximum absolute atomic E-state index is 12.0. The Morgan fingerprint density at radius 3 is 1.50 bits per heavy atom. The summed E-state index contributed by atoms with van der Waals surface area (Å²) in [5, 5.41) is 3.10. The molecular weight excluding hydrogens is 222 g/mol. The lowest BCUT2D eigenvalue weighted by molar-refractivity contribution is -0.129. The van der Waals surface area contributed by atoms with Gasteiger partial charge < -0.3 is 5.32 Å². The van der Waals surface area contributed by atoms with Crippen LogP contribution in [0.15, 0.2) is 0 Å². The van der Waals surface area contributed by atoms with Crippen LogP contribution in [0.1, 0.15) is 69.2 Å². The lowest BCUT2D eigenvalue weighted by Gasteiger charge is -2.51. The number of amides is 1. The number of hydrogen-bond donors (Lipinski definition) is 1. The van der Waals surface area contributed by atoms with Crippen molar-refractivity contribution in [1.82, 2.24) is 5.32 Å². The quantitative estimate of drug-likeness (QED) is 0.802. The van der Waals surface area contributed by atoms with Crippen LogP contribution in [-0.2, 0) is 4.79 Å². The minimum Gasteiger partial charge on any atom is -0.355 e. The molecule has 2 heteroatoms. The molecule has 0 atom stereocenters. The normalized spacial score (nSPS) is 14.6. The van der Waals surface area contributed by atoms with Crippen molar-refractivity contribution in [2.24, 2.45) is 21.7 Å². The van der Waals surface area contributed by atoms with Crippen molar-refractivity contribution >= 4 is 5.91 Å².